The number of Topliss-reactive ketones (excluding diaryl/α,β-unsaturated/α-hetero) is 1. The lowest BCUT2D eigenvalue weighted by molar-refractivity contribution is 0.0689. The lowest BCUT2D eigenvalue weighted by atomic mass is 9.89. The number of benzene rings is 1. The first kappa shape index (κ1) is 12.3. The van der Waals surface area contributed by atoms with Gasteiger partial charge >= 0.3 is 0 Å². The van der Waals surface area contributed by atoms with Gasteiger partial charge in [-0.25, -0.2) is 0 Å². The fraction of sp³-hybridized carbons (Fsp3) is 0.533. The van der Waals surface area contributed by atoms with Gasteiger partial charge in [0.1, 0.15) is 0 Å². The molecule has 1 aliphatic heterocycles. The van der Waals surface area contributed by atoms with Crippen LogP contribution in [-0.4, -0.2) is 18.5 Å². The monoisotopic (exact) mass is 232 g/mol. The molecule has 0 bridgehead atoms. The Hall–Kier alpha value is -1.15. The van der Waals surface area contributed by atoms with Crippen LogP contribution in [0.25, 0.3) is 0 Å². The first-order chi connectivity index (χ1) is 8.13. The predicted octanol–water partition coefficient (Wildman–Crippen LogP) is 3.30. The SMILES string of the molecule is CCC1OCCC1C(=O)c1ccc(C)c(C)c1. The van der Waals surface area contributed by atoms with Crippen molar-refractivity contribution in [2.45, 2.75) is 39.7 Å². The molecule has 17 heavy (non-hydrogen) atoms. The molecule has 2 heteroatoms. The molecule has 1 heterocycles. The third kappa shape index (κ3) is 2.42. The van der Waals surface area contributed by atoms with E-state index >= 15 is 0 Å². The molecule has 1 saturated heterocycles. The fourth-order valence-corrected chi connectivity index (χ4v) is 2.46. The molecule has 2 unspecified atom stereocenters. The van der Waals surface area contributed by atoms with Gasteiger partial charge in [0.25, 0.3) is 0 Å². The first-order valence-electron chi connectivity index (χ1n) is 6.36. The van der Waals surface area contributed by atoms with E-state index in [4.69, 9.17) is 4.74 Å². The van der Waals surface area contributed by atoms with Crippen molar-refractivity contribution in [1.82, 2.24) is 0 Å². The molecule has 2 rings (SSSR count). The first-order valence-corrected chi connectivity index (χ1v) is 6.36. The van der Waals surface area contributed by atoms with Crippen LogP contribution in [0.2, 0.25) is 0 Å². The summed E-state index contributed by atoms with van der Waals surface area (Å²) in [6, 6.07) is 5.97. The minimum atomic E-state index is 0.0575. The molecule has 1 aromatic carbocycles. The second-order valence-corrected chi connectivity index (χ2v) is 4.88. The summed E-state index contributed by atoms with van der Waals surface area (Å²) in [5.41, 5.74) is 3.25. The molecule has 0 saturated carbocycles. The van der Waals surface area contributed by atoms with E-state index in [0.717, 1.165) is 25.0 Å². The van der Waals surface area contributed by atoms with Gasteiger partial charge in [0, 0.05) is 12.2 Å². The van der Waals surface area contributed by atoms with Gasteiger partial charge < -0.3 is 4.74 Å². The molecule has 0 N–H and O–H groups in total. The maximum atomic E-state index is 12.4. The number of ketones is 1. The standard InChI is InChI=1S/C15H20O2/c1-4-14-13(7-8-17-14)15(16)12-6-5-10(2)11(3)9-12/h5-6,9,13-14H,4,7-8H2,1-3H3. The van der Waals surface area contributed by atoms with Gasteiger partial charge in [0.15, 0.2) is 5.78 Å². The number of rotatable bonds is 3. The van der Waals surface area contributed by atoms with E-state index in [1.54, 1.807) is 0 Å². The van der Waals surface area contributed by atoms with Crippen molar-refractivity contribution in [1.29, 1.82) is 0 Å². The zero-order chi connectivity index (χ0) is 12.4. The van der Waals surface area contributed by atoms with Crippen LogP contribution in [0, 0.1) is 19.8 Å². The lowest BCUT2D eigenvalue weighted by Gasteiger charge is -2.16. The van der Waals surface area contributed by atoms with Gasteiger partial charge in [-0.2, -0.15) is 0 Å². The molecule has 2 atom stereocenters. The summed E-state index contributed by atoms with van der Waals surface area (Å²) in [5, 5.41) is 0. The Labute approximate surface area is 103 Å². The summed E-state index contributed by atoms with van der Waals surface area (Å²) >= 11 is 0. The highest BCUT2D eigenvalue weighted by Gasteiger charge is 2.33. The van der Waals surface area contributed by atoms with E-state index in [0.29, 0.717) is 0 Å². The molecular weight excluding hydrogens is 212 g/mol. The minimum absolute atomic E-state index is 0.0575. The molecule has 0 aliphatic carbocycles. The molecule has 0 amide bonds. The normalized spacial score (nSPS) is 23.9. The molecule has 1 aromatic rings. The number of ether oxygens (including phenoxy) is 1. The van der Waals surface area contributed by atoms with Crippen molar-refractivity contribution in [3.63, 3.8) is 0 Å². The van der Waals surface area contributed by atoms with Crippen molar-refractivity contribution in [2.24, 2.45) is 5.92 Å². The van der Waals surface area contributed by atoms with E-state index in [2.05, 4.69) is 20.8 Å². The molecule has 0 spiro atoms. The van der Waals surface area contributed by atoms with Gasteiger partial charge in [0.2, 0.25) is 0 Å². The summed E-state index contributed by atoms with van der Waals surface area (Å²) in [4.78, 5) is 12.4. The molecule has 1 fully saturated rings. The number of carbonyl (C=O) groups is 1. The van der Waals surface area contributed by atoms with E-state index in [9.17, 15) is 4.79 Å². The summed E-state index contributed by atoms with van der Waals surface area (Å²) in [5.74, 6) is 0.305. The average Bonchev–Trinajstić information content (AvgIpc) is 2.80. The number of carbonyl (C=O) groups excluding carboxylic acids is 1. The van der Waals surface area contributed by atoms with Crippen LogP contribution in [0.5, 0.6) is 0 Å². The Morgan fingerprint density at radius 1 is 1.35 bits per heavy atom. The van der Waals surface area contributed by atoms with Crippen LogP contribution in [0.4, 0.5) is 0 Å². The summed E-state index contributed by atoms with van der Waals surface area (Å²) in [7, 11) is 0. The zero-order valence-corrected chi connectivity index (χ0v) is 10.8. The minimum Gasteiger partial charge on any atom is -0.377 e. The predicted molar refractivity (Wildman–Crippen MR) is 68.4 cm³/mol. The largest absolute Gasteiger partial charge is 0.377 e. The maximum Gasteiger partial charge on any atom is 0.168 e. The third-order valence-electron chi connectivity index (χ3n) is 3.74. The number of hydrogen-bond donors (Lipinski definition) is 0. The molecule has 0 radical (unpaired) electrons. The van der Waals surface area contributed by atoms with Gasteiger partial charge in [0.05, 0.1) is 12.0 Å². The summed E-state index contributed by atoms with van der Waals surface area (Å²) in [6.45, 7) is 6.92. The van der Waals surface area contributed by atoms with Crippen LogP contribution in [0.3, 0.4) is 0 Å². The average molecular weight is 232 g/mol. The zero-order valence-electron chi connectivity index (χ0n) is 10.8. The Morgan fingerprint density at radius 3 is 2.76 bits per heavy atom. The fourth-order valence-electron chi connectivity index (χ4n) is 2.46. The molecule has 1 aliphatic rings. The Kier molecular flexibility index (Phi) is 3.63. The van der Waals surface area contributed by atoms with Crippen molar-refractivity contribution >= 4 is 5.78 Å². The Morgan fingerprint density at radius 2 is 2.12 bits per heavy atom. The van der Waals surface area contributed by atoms with Crippen molar-refractivity contribution in [2.75, 3.05) is 6.61 Å². The van der Waals surface area contributed by atoms with Crippen LogP contribution >= 0.6 is 0 Å². The molecule has 2 nitrogen and oxygen atoms in total. The van der Waals surface area contributed by atoms with Gasteiger partial charge in [-0.3, -0.25) is 4.79 Å². The van der Waals surface area contributed by atoms with Crippen LogP contribution < -0.4 is 0 Å². The van der Waals surface area contributed by atoms with Crippen LogP contribution in [-0.2, 0) is 4.74 Å². The topological polar surface area (TPSA) is 26.3 Å². The second kappa shape index (κ2) is 5.01. The number of aryl methyl sites for hydroxylation is 2. The van der Waals surface area contributed by atoms with Gasteiger partial charge in [-0.1, -0.05) is 19.1 Å². The van der Waals surface area contributed by atoms with E-state index in [1.807, 2.05) is 18.2 Å². The quantitative estimate of drug-likeness (QED) is 0.747. The van der Waals surface area contributed by atoms with Crippen LogP contribution in [0.1, 0.15) is 41.3 Å². The highest BCUT2D eigenvalue weighted by Crippen LogP contribution is 2.27. The van der Waals surface area contributed by atoms with Crippen molar-refractivity contribution in [3.05, 3.63) is 34.9 Å². The molecule has 92 valence electrons. The van der Waals surface area contributed by atoms with Crippen molar-refractivity contribution in [3.8, 4) is 0 Å². The summed E-state index contributed by atoms with van der Waals surface area (Å²) < 4.78 is 5.59. The number of hydrogen-bond acceptors (Lipinski definition) is 2. The second-order valence-electron chi connectivity index (χ2n) is 4.88. The highest BCUT2D eigenvalue weighted by atomic mass is 16.5. The lowest BCUT2D eigenvalue weighted by Crippen LogP contribution is -2.23. The van der Waals surface area contributed by atoms with Crippen LogP contribution in [0.15, 0.2) is 18.2 Å². The summed E-state index contributed by atoms with van der Waals surface area (Å²) in [6.07, 6.45) is 1.90. The van der Waals surface area contributed by atoms with E-state index in [-0.39, 0.29) is 17.8 Å². The Balaban J connectivity index is 2.21. The third-order valence-corrected chi connectivity index (χ3v) is 3.74. The highest BCUT2D eigenvalue weighted by molar-refractivity contribution is 5.98. The van der Waals surface area contributed by atoms with Gasteiger partial charge in [-0.05, 0) is 43.9 Å². The smallest absolute Gasteiger partial charge is 0.168 e. The van der Waals surface area contributed by atoms with Gasteiger partial charge in [-0.15, -0.1) is 0 Å². The van der Waals surface area contributed by atoms with Crippen molar-refractivity contribution < 1.29 is 9.53 Å². The molecule has 0 aromatic heterocycles. The van der Waals surface area contributed by atoms with E-state index < -0.39 is 0 Å². The van der Waals surface area contributed by atoms with E-state index in [1.165, 1.54) is 11.1 Å². The maximum absolute atomic E-state index is 12.4. The Bertz CT molecular complexity index is 423. The molecular formula is C15H20O2.